The van der Waals surface area contributed by atoms with Crippen LogP contribution in [0.25, 0.3) is 0 Å². The van der Waals surface area contributed by atoms with Crippen LogP contribution in [0.1, 0.15) is 36.9 Å². The lowest BCUT2D eigenvalue weighted by Gasteiger charge is -2.29. The van der Waals surface area contributed by atoms with Crippen molar-refractivity contribution in [3.63, 3.8) is 0 Å². The highest BCUT2D eigenvalue weighted by atomic mass is 16.5. The molecule has 2 amide bonds. The second-order valence-corrected chi connectivity index (χ2v) is 7.47. The first kappa shape index (κ1) is 19.2. The molecule has 2 saturated heterocycles. The summed E-state index contributed by atoms with van der Waals surface area (Å²) in [5.74, 6) is 0.711. The van der Waals surface area contributed by atoms with Crippen molar-refractivity contribution in [1.29, 1.82) is 5.41 Å². The van der Waals surface area contributed by atoms with Crippen LogP contribution in [0.3, 0.4) is 0 Å². The van der Waals surface area contributed by atoms with Gasteiger partial charge in [0.15, 0.2) is 0 Å². The zero-order chi connectivity index (χ0) is 20.4. The number of urea groups is 1. The van der Waals surface area contributed by atoms with Crippen molar-refractivity contribution in [3.05, 3.63) is 53.7 Å². The van der Waals surface area contributed by atoms with Crippen LogP contribution in [-0.2, 0) is 4.74 Å². The fraction of sp³-hybridized carbons (Fsp3) is 0.381. The number of morpholine rings is 1. The summed E-state index contributed by atoms with van der Waals surface area (Å²) in [7, 11) is 0. The number of nitrogen functional groups attached to an aromatic ring is 1. The predicted octanol–water partition coefficient (Wildman–Crippen LogP) is 2.74. The van der Waals surface area contributed by atoms with E-state index in [9.17, 15) is 4.79 Å². The molecule has 2 aliphatic heterocycles. The van der Waals surface area contributed by atoms with Gasteiger partial charge in [-0.15, -0.1) is 0 Å². The van der Waals surface area contributed by atoms with Crippen LogP contribution in [0.5, 0.6) is 0 Å². The molecular formula is C21H26N6O2. The van der Waals surface area contributed by atoms with E-state index in [1.807, 2.05) is 42.2 Å². The summed E-state index contributed by atoms with van der Waals surface area (Å²) in [5.41, 5.74) is 8.20. The number of ether oxygens (including phenoxy) is 1. The highest BCUT2D eigenvalue weighted by Crippen LogP contribution is 2.30. The van der Waals surface area contributed by atoms with Crippen LogP contribution < -0.4 is 16.4 Å². The molecular weight excluding hydrogens is 368 g/mol. The van der Waals surface area contributed by atoms with Crippen LogP contribution >= 0.6 is 0 Å². The minimum absolute atomic E-state index is 0.0891. The number of fused-ring (bicyclic) bond motifs is 2. The predicted molar refractivity (Wildman–Crippen MR) is 112 cm³/mol. The largest absolute Gasteiger partial charge is 0.398 e. The number of hydrogen-bond donors (Lipinski definition) is 4. The van der Waals surface area contributed by atoms with Gasteiger partial charge in [-0.05, 0) is 18.4 Å². The summed E-state index contributed by atoms with van der Waals surface area (Å²) in [4.78, 5) is 18.7. The lowest BCUT2D eigenvalue weighted by Crippen LogP contribution is -2.41. The Kier molecular flexibility index (Phi) is 5.35. The van der Waals surface area contributed by atoms with Crippen molar-refractivity contribution in [2.75, 3.05) is 24.2 Å². The highest BCUT2D eigenvalue weighted by molar-refractivity contribution is 6.02. The molecule has 0 spiro atoms. The molecule has 2 aliphatic rings. The lowest BCUT2D eigenvalue weighted by molar-refractivity contribution is 0.0566. The van der Waals surface area contributed by atoms with Gasteiger partial charge in [-0.25, -0.2) is 9.78 Å². The number of amidine groups is 1. The molecule has 3 heterocycles. The van der Waals surface area contributed by atoms with Crippen LogP contribution in [0.15, 0.2) is 42.6 Å². The van der Waals surface area contributed by atoms with E-state index in [0.29, 0.717) is 36.1 Å². The molecule has 152 valence electrons. The number of carbonyl (C=O) groups is 1. The van der Waals surface area contributed by atoms with Crippen LogP contribution in [0.4, 0.5) is 16.3 Å². The number of carbonyl (C=O) groups excluding carboxylic acids is 1. The average Bonchev–Trinajstić information content (AvgIpc) is 3.36. The molecule has 2 fully saturated rings. The number of hydrogen-bond acceptors (Lipinski definition) is 5. The standard InChI is InChI=1S/C21H26N6O2/c1-2-18(13-6-4-3-5-7-13)25-21(28)26-19-9-17(22)16(10-24-19)20(23)27-11-15-8-14(27)12-29-15/h3-7,9-10,14-15,18,23H,2,8,11-12H2,1H3,(H4,22,24,25,26,28)/t14?,15?,18-/m1/s1. The second kappa shape index (κ2) is 8.08. The van der Waals surface area contributed by atoms with Crippen molar-refractivity contribution >= 4 is 23.4 Å². The number of benzene rings is 1. The van der Waals surface area contributed by atoms with Crippen LogP contribution in [0, 0.1) is 5.41 Å². The molecule has 4 rings (SSSR count). The summed E-state index contributed by atoms with van der Waals surface area (Å²) in [6.07, 6.45) is 3.48. The highest BCUT2D eigenvalue weighted by Gasteiger charge is 2.40. The van der Waals surface area contributed by atoms with Crippen molar-refractivity contribution in [1.82, 2.24) is 15.2 Å². The third kappa shape index (κ3) is 4.02. The molecule has 0 saturated carbocycles. The maximum absolute atomic E-state index is 12.4. The van der Waals surface area contributed by atoms with Crippen molar-refractivity contribution in [2.24, 2.45) is 0 Å². The van der Waals surface area contributed by atoms with E-state index < -0.39 is 0 Å². The van der Waals surface area contributed by atoms with Crippen LogP contribution in [0.2, 0.25) is 0 Å². The molecule has 1 aromatic heterocycles. The SMILES string of the molecule is CC[C@@H](NC(=O)Nc1cc(N)c(C(=N)N2CC3CC2CO3)cn1)c1ccccc1. The normalized spacial score (nSPS) is 21.1. The molecule has 3 atom stereocenters. The zero-order valence-corrected chi connectivity index (χ0v) is 16.4. The number of pyridine rings is 1. The molecule has 2 unspecified atom stereocenters. The van der Waals surface area contributed by atoms with E-state index in [1.165, 1.54) is 0 Å². The second-order valence-electron chi connectivity index (χ2n) is 7.47. The minimum Gasteiger partial charge on any atom is -0.398 e. The summed E-state index contributed by atoms with van der Waals surface area (Å²) in [6, 6.07) is 11.2. The molecule has 2 aromatic rings. The van der Waals surface area contributed by atoms with Crippen molar-refractivity contribution in [2.45, 2.75) is 38.0 Å². The molecule has 29 heavy (non-hydrogen) atoms. The van der Waals surface area contributed by atoms with Crippen molar-refractivity contribution in [3.8, 4) is 0 Å². The Morgan fingerprint density at radius 2 is 2.21 bits per heavy atom. The van der Waals surface area contributed by atoms with E-state index in [4.69, 9.17) is 15.9 Å². The van der Waals surface area contributed by atoms with Gasteiger partial charge in [0.2, 0.25) is 0 Å². The lowest BCUT2D eigenvalue weighted by atomic mass is 10.1. The molecule has 8 nitrogen and oxygen atoms in total. The molecule has 5 N–H and O–H groups in total. The first-order valence-electron chi connectivity index (χ1n) is 9.90. The number of anilines is 2. The third-order valence-electron chi connectivity index (χ3n) is 5.54. The Morgan fingerprint density at radius 3 is 2.83 bits per heavy atom. The minimum atomic E-state index is -0.343. The number of nitrogens with zero attached hydrogens (tertiary/aromatic N) is 2. The number of nitrogens with one attached hydrogen (secondary N) is 3. The zero-order valence-electron chi connectivity index (χ0n) is 16.4. The molecule has 0 radical (unpaired) electrons. The average molecular weight is 394 g/mol. The van der Waals surface area contributed by atoms with Gasteiger partial charge in [0.05, 0.1) is 30.4 Å². The van der Waals surface area contributed by atoms with Gasteiger partial charge in [0, 0.05) is 24.5 Å². The third-order valence-corrected chi connectivity index (χ3v) is 5.54. The fourth-order valence-corrected chi connectivity index (χ4v) is 3.98. The summed E-state index contributed by atoms with van der Waals surface area (Å²) >= 11 is 0. The van der Waals surface area contributed by atoms with Crippen molar-refractivity contribution < 1.29 is 9.53 Å². The first-order chi connectivity index (χ1) is 14.0. The maximum Gasteiger partial charge on any atom is 0.320 e. The Bertz CT molecular complexity index is 903. The molecule has 8 heteroatoms. The van der Waals surface area contributed by atoms with Gasteiger partial charge >= 0.3 is 6.03 Å². The van der Waals surface area contributed by atoms with Gasteiger partial charge in [-0.3, -0.25) is 10.7 Å². The van der Waals surface area contributed by atoms with Gasteiger partial charge in [0.1, 0.15) is 11.7 Å². The summed E-state index contributed by atoms with van der Waals surface area (Å²) in [5, 5.41) is 14.2. The van der Waals surface area contributed by atoms with Gasteiger partial charge < -0.3 is 20.7 Å². The Labute approximate surface area is 170 Å². The number of aromatic nitrogens is 1. The van der Waals surface area contributed by atoms with Crippen LogP contribution in [-0.4, -0.2) is 47.0 Å². The number of amides is 2. The Morgan fingerprint density at radius 1 is 1.41 bits per heavy atom. The quantitative estimate of drug-likeness (QED) is 0.460. The Hall–Kier alpha value is -3.13. The van der Waals surface area contributed by atoms with E-state index in [1.54, 1.807) is 12.3 Å². The van der Waals surface area contributed by atoms with E-state index in [0.717, 1.165) is 18.4 Å². The van der Waals surface area contributed by atoms with E-state index in [2.05, 4.69) is 15.6 Å². The summed E-state index contributed by atoms with van der Waals surface area (Å²) in [6.45, 7) is 3.38. The Balaban J connectivity index is 1.40. The van der Waals surface area contributed by atoms with E-state index >= 15 is 0 Å². The topological polar surface area (TPSA) is 116 Å². The molecule has 0 aliphatic carbocycles. The molecule has 2 bridgehead atoms. The maximum atomic E-state index is 12.4. The van der Waals surface area contributed by atoms with Gasteiger partial charge in [0.25, 0.3) is 0 Å². The fourth-order valence-electron chi connectivity index (χ4n) is 3.98. The number of nitrogens with two attached hydrogens (primary N) is 1. The molecule has 1 aromatic carbocycles. The first-order valence-corrected chi connectivity index (χ1v) is 9.90. The monoisotopic (exact) mass is 394 g/mol. The number of rotatable bonds is 5. The van der Waals surface area contributed by atoms with Gasteiger partial charge in [-0.1, -0.05) is 37.3 Å². The summed E-state index contributed by atoms with van der Waals surface area (Å²) < 4.78 is 5.59. The van der Waals surface area contributed by atoms with E-state index in [-0.39, 0.29) is 24.2 Å². The smallest absolute Gasteiger partial charge is 0.320 e. The number of likely N-dealkylation sites (tertiary alicyclic amines) is 1. The van der Waals surface area contributed by atoms with Gasteiger partial charge in [-0.2, -0.15) is 0 Å².